The van der Waals surface area contributed by atoms with Crippen LogP contribution in [0, 0.1) is 0 Å². The van der Waals surface area contributed by atoms with E-state index in [4.69, 9.17) is 10.5 Å². The number of hydrogen-bond donors (Lipinski definition) is 1. The monoisotopic (exact) mass is 225 g/mol. The van der Waals surface area contributed by atoms with Crippen molar-refractivity contribution in [2.75, 3.05) is 6.61 Å². The summed E-state index contributed by atoms with van der Waals surface area (Å²) < 4.78 is 5.59. The van der Waals surface area contributed by atoms with Gasteiger partial charge in [-0.3, -0.25) is 0 Å². The highest BCUT2D eigenvalue weighted by atomic mass is 16.5. The van der Waals surface area contributed by atoms with E-state index in [0.717, 1.165) is 25.9 Å². The van der Waals surface area contributed by atoms with Crippen LogP contribution in [0.2, 0.25) is 0 Å². The second-order valence-electron chi connectivity index (χ2n) is 4.90. The summed E-state index contributed by atoms with van der Waals surface area (Å²) in [6, 6.07) is 0.382. The summed E-state index contributed by atoms with van der Waals surface area (Å²) in [6.45, 7) is 4.69. The number of rotatable bonds is 9. The fourth-order valence-electron chi connectivity index (χ4n) is 2.29. The summed E-state index contributed by atoms with van der Waals surface area (Å²) in [7, 11) is 0. The molecule has 0 aromatic heterocycles. The van der Waals surface area contributed by atoms with E-state index in [1.165, 1.54) is 38.5 Å². The minimum Gasteiger partial charge on any atom is -0.378 e. The highest BCUT2D eigenvalue weighted by Crippen LogP contribution is 2.18. The molecule has 1 saturated heterocycles. The fraction of sp³-hybridized carbons (Fsp3) is 0.857. The van der Waals surface area contributed by atoms with E-state index in [9.17, 15) is 0 Å². The van der Waals surface area contributed by atoms with Gasteiger partial charge < -0.3 is 10.5 Å². The zero-order valence-electron chi connectivity index (χ0n) is 10.5. The first-order valence-electron chi connectivity index (χ1n) is 6.81. The molecule has 1 aliphatic heterocycles. The molecule has 0 saturated carbocycles. The average molecular weight is 225 g/mol. The lowest BCUT2D eigenvalue weighted by Gasteiger charge is -2.14. The second-order valence-corrected chi connectivity index (χ2v) is 4.90. The van der Waals surface area contributed by atoms with Crippen LogP contribution in [0.1, 0.15) is 57.8 Å². The molecule has 2 N–H and O–H groups in total. The normalized spacial score (nSPS) is 22.2. The van der Waals surface area contributed by atoms with Crippen molar-refractivity contribution in [3.05, 3.63) is 12.7 Å². The maximum atomic E-state index is 6.09. The third-order valence-electron chi connectivity index (χ3n) is 3.37. The zero-order chi connectivity index (χ0) is 11.6. The molecule has 94 valence electrons. The molecule has 1 aliphatic rings. The van der Waals surface area contributed by atoms with Crippen LogP contribution < -0.4 is 5.73 Å². The molecule has 1 heterocycles. The number of unbranched alkanes of at least 4 members (excludes halogenated alkanes) is 3. The zero-order valence-corrected chi connectivity index (χ0v) is 10.5. The minimum absolute atomic E-state index is 0.382. The molecule has 2 atom stereocenters. The van der Waals surface area contributed by atoms with E-state index < -0.39 is 0 Å². The first-order valence-corrected chi connectivity index (χ1v) is 6.81. The molecule has 0 bridgehead atoms. The number of nitrogens with two attached hydrogens (primary N) is 1. The van der Waals surface area contributed by atoms with Gasteiger partial charge in [0.05, 0.1) is 6.10 Å². The van der Waals surface area contributed by atoms with Crippen molar-refractivity contribution in [1.82, 2.24) is 0 Å². The predicted molar refractivity (Wildman–Crippen MR) is 69.5 cm³/mol. The van der Waals surface area contributed by atoms with Gasteiger partial charge in [0.15, 0.2) is 0 Å². The van der Waals surface area contributed by atoms with Crippen LogP contribution in [-0.4, -0.2) is 18.8 Å². The van der Waals surface area contributed by atoms with Gasteiger partial charge in [-0.15, -0.1) is 6.58 Å². The molecule has 0 radical (unpaired) electrons. The van der Waals surface area contributed by atoms with E-state index >= 15 is 0 Å². The molecule has 1 fully saturated rings. The first kappa shape index (κ1) is 13.7. The third kappa shape index (κ3) is 6.29. The van der Waals surface area contributed by atoms with Gasteiger partial charge in [0.25, 0.3) is 0 Å². The van der Waals surface area contributed by atoms with Crippen LogP contribution >= 0.6 is 0 Å². The fourth-order valence-corrected chi connectivity index (χ4v) is 2.29. The van der Waals surface area contributed by atoms with Crippen LogP contribution in [-0.2, 0) is 4.74 Å². The Kier molecular flexibility index (Phi) is 7.52. The van der Waals surface area contributed by atoms with Gasteiger partial charge >= 0.3 is 0 Å². The van der Waals surface area contributed by atoms with Crippen molar-refractivity contribution in [3.63, 3.8) is 0 Å². The minimum atomic E-state index is 0.382. The van der Waals surface area contributed by atoms with Gasteiger partial charge in [-0.2, -0.15) is 0 Å². The molecule has 2 nitrogen and oxygen atoms in total. The van der Waals surface area contributed by atoms with Crippen LogP contribution in [0.15, 0.2) is 12.7 Å². The van der Waals surface area contributed by atoms with E-state index in [1.54, 1.807) is 0 Å². The summed E-state index contributed by atoms with van der Waals surface area (Å²) in [5.74, 6) is 0. The highest BCUT2D eigenvalue weighted by Gasteiger charge is 2.16. The van der Waals surface area contributed by atoms with Crippen molar-refractivity contribution in [2.45, 2.75) is 69.9 Å². The van der Waals surface area contributed by atoms with Gasteiger partial charge in [-0.25, -0.2) is 0 Å². The Hall–Kier alpha value is -0.340. The molecule has 1 rings (SSSR count). The SMILES string of the molecule is C=CCCCCCC(N)CCC1CCCO1. The molecule has 0 aromatic rings. The van der Waals surface area contributed by atoms with Gasteiger partial charge in [-0.05, 0) is 44.9 Å². The Morgan fingerprint density at radius 2 is 2.19 bits per heavy atom. The maximum Gasteiger partial charge on any atom is 0.0576 e. The van der Waals surface area contributed by atoms with Gasteiger partial charge in [-0.1, -0.05) is 18.9 Å². The van der Waals surface area contributed by atoms with Gasteiger partial charge in [0.1, 0.15) is 0 Å². The standard InChI is InChI=1S/C14H27NO/c1-2-3-4-5-6-8-13(15)10-11-14-9-7-12-16-14/h2,13-14H,1,3-12,15H2. The van der Waals surface area contributed by atoms with Crippen molar-refractivity contribution in [2.24, 2.45) is 5.73 Å². The number of ether oxygens (including phenoxy) is 1. The highest BCUT2D eigenvalue weighted by molar-refractivity contribution is 4.70. The smallest absolute Gasteiger partial charge is 0.0576 e. The molecular formula is C14H27NO. The lowest BCUT2D eigenvalue weighted by molar-refractivity contribution is 0.100. The molecule has 2 heteroatoms. The van der Waals surface area contributed by atoms with Crippen molar-refractivity contribution < 1.29 is 4.74 Å². The summed E-state index contributed by atoms with van der Waals surface area (Å²) in [5.41, 5.74) is 6.09. The molecule has 0 amide bonds. The second kappa shape index (κ2) is 8.77. The van der Waals surface area contributed by atoms with Crippen LogP contribution in [0.25, 0.3) is 0 Å². The van der Waals surface area contributed by atoms with Crippen LogP contribution in [0.5, 0.6) is 0 Å². The van der Waals surface area contributed by atoms with E-state index in [2.05, 4.69) is 6.58 Å². The van der Waals surface area contributed by atoms with E-state index in [-0.39, 0.29) is 0 Å². The van der Waals surface area contributed by atoms with Crippen molar-refractivity contribution in [1.29, 1.82) is 0 Å². The number of hydrogen-bond acceptors (Lipinski definition) is 2. The summed E-state index contributed by atoms with van der Waals surface area (Å²) in [5, 5.41) is 0. The average Bonchev–Trinajstić information content (AvgIpc) is 2.79. The predicted octanol–water partition coefficient (Wildman–Crippen LogP) is 3.41. The molecule has 0 spiro atoms. The topological polar surface area (TPSA) is 35.2 Å². The third-order valence-corrected chi connectivity index (χ3v) is 3.37. The quantitative estimate of drug-likeness (QED) is 0.482. The number of allylic oxidation sites excluding steroid dienone is 1. The Labute approximate surface area is 100 Å². The summed E-state index contributed by atoms with van der Waals surface area (Å²) in [6.07, 6.45) is 13.4. The molecule has 16 heavy (non-hydrogen) atoms. The van der Waals surface area contributed by atoms with Gasteiger partial charge in [0.2, 0.25) is 0 Å². The van der Waals surface area contributed by atoms with Crippen LogP contribution in [0.3, 0.4) is 0 Å². The lowest BCUT2D eigenvalue weighted by atomic mass is 10.0. The van der Waals surface area contributed by atoms with Crippen LogP contribution in [0.4, 0.5) is 0 Å². The summed E-state index contributed by atoms with van der Waals surface area (Å²) >= 11 is 0. The van der Waals surface area contributed by atoms with Crippen molar-refractivity contribution in [3.8, 4) is 0 Å². The van der Waals surface area contributed by atoms with Crippen molar-refractivity contribution >= 4 is 0 Å². The van der Waals surface area contributed by atoms with Gasteiger partial charge in [0, 0.05) is 12.6 Å². The Morgan fingerprint density at radius 1 is 1.31 bits per heavy atom. The summed E-state index contributed by atoms with van der Waals surface area (Å²) in [4.78, 5) is 0. The first-order chi connectivity index (χ1) is 7.83. The Morgan fingerprint density at radius 3 is 2.88 bits per heavy atom. The molecule has 2 unspecified atom stereocenters. The largest absolute Gasteiger partial charge is 0.378 e. The Balaban J connectivity index is 1.89. The van der Waals surface area contributed by atoms with E-state index in [1.807, 2.05) is 6.08 Å². The maximum absolute atomic E-state index is 6.09. The molecule has 0 aromatic carbocycles. The lowest BCUT2D eigenvalue weighted by Crippen LogP contribution is -2.21. The molecular weight excluding hydrogens is 198 g/mol. The van der Waals surface area contributed by atoms with E-state index in [0.29, 0.717) is 12.1 Å². The molecule has 0 aliphatic carbocycles. The Bertz CT molecular complexity index is 176.